The van der Waals surface area contributed by atoms with Crippen LogP contribution in [0.15, 0.2) is 35.3 Å². The highest BCUT2D eigenvalue weighted by Crippen LogP contribution is 2.38. The zero-order valence-corrected chi connectivity index (χ0v) is 17.8. The number of aliphatic imine (C=N–C) groups is 1. The molecule has 3 rings (SSSR count). The second-order valence-electron chi connectivity index (χ2n) is 7.04. The van der Waals surface area contributed by atoms with Crippen LogP contribution in [0.5, 0.6) is 17.2 Å². The van der Waals surface area contributed by atoms with E-state index in [0.29, 0.717) is 23.8 Å². The smallest absolute Gasteiger partial charge is 0.203 e. The molecule has 0 unspecified atom stereocenters. The maximum Gasteiger partial charge on any atom is 0.203 e. The molecule has 0 aromatic heterocycles. The van der Waals surface area contributed by atoms with Crippen LogP contribution in [0.4, 0.5) is 0 Å². The van der Waals surface area contributed by atoms with Gasteiger partial charge in [0.15, 0.2) is 17.5 Å². The summed E-state index contributed by atoms with van der Waals surface area (Å²) in [6.07, 6.45) is 3.67. The number of fused-ring (bicyclic) bond motifs is 1. The van der Waals surface area contributed by atoms with E-state index in [1.54, 1.807) is 21.3 Å². The van der Waals surface area contributed by atoms with E-state index in [9.17, 15) is 0 Å². The van der Waals surface area contributed by atoms with Crippen molar-refractivity contribution in [2.75, 3.05) is 27.9 Å². The largest absolute Gasteiger partial charge is 0.493 e. The molecule has 0 saturated heterocycles. The fourth-order valence-corrected chi connectivity index (χ4v) is 3.66. The van der Waals surface area contributed by atoms with E-state index in [1.165, 1.54) is 36.0 Å². The van der Waals surface area contributed by atoms with Crippen LogP contribution in [-0.4, -0.2) is 33.8 Å². The Bertz CT molecular complexity index is 839. The first kappa shape index (κ1) is 20.8. The molecule has 0 bridgehead atoms. The lowest BCUT2D eigenvalue weighted by molar-refractivity contribution is 0.324. The SMILES string of the molecule is CCNC(=NCc1cc(OC)c(OC)c(OC)c1)NCc1ccc2c(c1)CCC2. The first-order chi connectivity index (χ1) is 14.2. The summed E-state index contributed by atoms with van der Waals surface area (Å²) in [4.78, 5) is 4.72. The molecule has 0 spiro atoms. The molecule has 0 amide bonds. The van der Waals surface area contributed by atoms with E-state index in [1.807, 2.05) is 12.1 Å². The van der Waals surface area contributed by atoms with Crippen LogP contribution in [0.25, 0.3) is 0 Å². The molecular formula is C23H31N3O3. The van der Waals surface area contributed by atoms with E-state index in [2.05, 4.69) is 35.8 Å². The molecule has 6 heteroatoms. The number of hydrogen-bond acceptors (Lipinski definition) is 4. The molecule has 0 heterocycles. The molecule has 0 aliphatic heterocycles. The van der Waals surface area contributed by atoms with Gasteiger partial charge < -0.3 is 24.8 Å². The van der Waals surface area contributed by atoms with Crippen LogP contribution in [0.2, 0.25) is 0 Å². The van der Waals surface area contributed by atoms with Gasteiger partial charge in [-0.05, 0) is 60.6 Å². The van der Waals surface area contributed by atoms with Gasteiger partial charge in [-0.3, -0.25) is 0 Å². The first-order valence-electron chi connectivity index (χ1n) is 10.1. The molecule has 6 nitrogen and oxygen atoms in total. The molecule has 29 heavy (non-hydrogen) atoms. The molecule has 2 aromatic carbocycles. The second-order valence-corrected chi connectivity index (χ2v) is 7.04. The normalized spacial score (nSPS) is 13.0. The molecule has 0 saturated carbocycles. The van der Waals surface area contributed by atoms with Crippen LogP contribution in [0.3, 0.4) is 0 Å². The summed E-state index contributed by atoms with van der Waals surface area (Å²) in [5.74, 6) is 2.63. The number of nitrogens with one attached hydrogen (secondary N) is 2. The minimum absolute atomic E-state index is 0.496. The Morgan fingerprint density at radius 2 is 1.62 bits per heavy atom. The Hall–Kier alpha value is -2.89. The molecule has 2 aromatic rings. The monoisotopic (exact) mass is 397 g/mol. The Morgan fingerprint density at radius 3 is 2.28 bits per heavy atom. The van der Waals surface area contributed by atoms with Gasteiger partial charge in [0.25, 0.3) is 0 Å². The van der Waals surface area contributed by atoms with E-state index >= 15 is 0 Å². The van der Waals surface area contributed by atoms with E-state index in [-0.39, 0.29) is 0 Å². The number of nitrogens with zero attached hydrogens (tertiary/aromatic N) is 1. The summed E-state index contributed by atoms with van der Waals surface area (Å²) in [5, 5.41) is 6.74. The molecule has 0 atom stereocenters. The number of rotatable bonds is 8. The summed E-state index contributed by atoms with van der Waals surface area (Å²) in [6, 6.07) is 10.6. The van der Waals surface area contributed by atoms with Gasteiger partial charge in [-0.2, -0.15) is 0 Å². The minimum Gasteiger partial charge on any atom is -0.493 e. The lowest BCUT2D eigenvalue weighted by Crippen LogP contribution is -2.36. The molecule has 2 N–H and O–H groups in total. The zero-order valence-electron chi connectivity index (χ0n) is 17.8. The Kier molecular flexibility index (Phi) is 7.22. The third kappa shape index (κ3) is 5.13. The van der Waals surface area contributed by atoms with Gasteiger partial charge in [-0.1, -0.05) is 18.2 Å². The molecule has 0 fully saturated rings. The van der Waals surface area contributed by atoms with Crippen molar-refractivity contribution in [2.24, 2.45) is 4.99 Å². The Labute approximate surface area is 173 Å². The lowest BCUT2D eigenvalue weighted by Gasteiger charge is -2.14. The van der Waals surface area contributed by atoms with E-state index in [4.69, 9.17) is 19.2 Å². The van der Waals surface area contributed by atoms with Crippen molar-refractivity contribution in [3.05, 3.63) is 52.6 Å². The standard InChI is InChI=1S/C23H31N3O3/c1-5-24-23(25-14-16-9-10-18-7-6-8-19(18)11-16)26-15-17-12-20(27-2)22(29-4)21(13-17)28-3/h9-13H,5-8,14-15H2,1-4H3,(H2,24,25,26). The maximum atomic E-state index is 5.43. The molecule has 1 aliphatic carbocycles. The van der Waals surface area contributed by atoms with Crippen molar-refractivity contribution in [1.82, 2.24) is 10.6 Å². The van der Waals surface area contributed by atoms with Gasteiger partial charge in [-0.15, -0.1) is 0 Å². The number of guanidine groups is 1. The zero-order chi connectivity index (χ0) is 20.6. The topological polar surface area (TPSA) is 64.1 Å². The molecule has 0 radical (unpaired) electrons. The van der Waals surface area contributed by atoms with Crippen LogP contribution < -0.4 is 24.8 Å². The number of ether oxygens (including phenoxy) is 3. The molecular weight excluding hydrogens is 366 g/mol. The highest BCUT2D eigenvalue weighted by molar-refractivity contribution is 5.79. The highest BCUT2D eigenvalue weighted by Gasteiger charge is 2.13. The van der Waals surface area contributed by atoms with Gasteiger partial charge >= 0.3 is 0 Å². The van der Waals surface area contributed by atoms with E-state index < -0.39 is 0 Å². The number of benzene rings is 2. The predicted molar refractivity (Wildman–Crippen MR) is 116 cm³/mol. The van der Waals surface area contributed by atoms with Crippen molar-refractivity contribution >= 4 is 5.96 Å². The van der Waals surface area contributed by atoms with Crippen LogP contribution in [-0.2, 0) is 25.9 Å². The van der Waals surface area contributed by atoms with Gasteiger partial charge in [0.1, 0.15) is 0 Å². The van der Waals surface area contributed by atoms with Crippen LogP contribution in [0, 0.1) is 0 Å². The Morgan fingerprint density at radius 1 is 0.897 bits per heavy atom. The van der Waals surface area contributed by atoms with Crippen molar-refractivity contribution in [1.29, 1.82) is 0 Å². The highest BCUT2D eigenvalue weighted by atomic mass is 16.5. The van der Waals surface area contributed by atoms with E-state index in [0.717, 1.165) is 24.6 Å². The maximum absolute atomic E-state index is 5.43. The third-order valence-corrected chi connectivity index (χ3v) is 5.11. The summed E-state index contributed by atoms with van der Waals surface area (Å²) in [7, 11) is 4.84. The lowest BCUT2D eigenvalue weighted by atomic mass is 10.1. The fourth-order valence-electron chi connectivity index (χ4n) is 3.66. The number of aryl methyl sites for hydroxylation is 2. The van der Waals surface area contributed by atoms with Gasteiger partial charge in [-0.25, -0.2) is 4.99 Å². The van der Waals surface area contributed by atoms with Crippen LogP contribution in [0.1, 0.15) is 35.6 Å². The number of methoxy groups -OCH3 is 3. The predicted octanol–water partition coefficient (Wildman–Crippen LogP) is 3.46. The first-order valence-corrected chi connectivity index (χ1v) is 10.1. The van der Waals surface area contributed by atoms with Gasteiger partial charge in [0, 0.05) is 13.1 Å². The summed E-state index contributed by atoms with van der Waals surface area (Å²) in [6.45, 7) is 4.10. The summed E-state index contributed by atoms with van der Waals surface area (Å²) >= 11 is 0. The summed E-state index contributed by atoms with van der Waals surface area (Å²) < 4.78 is 16.2. The Balaban J connectivity index is 1.70. The fraction of sp³-hybridized carbons (Fsp3) is 0.435. The molecule has 1 aliphatic rings. The van der Waals surface area contributed by atoms with Crippen molar-refractivity contribution < 1.29 is 14.2 Å². The minimum atomic E-state index is 0.496. The second kappa shape index (κ2) is 10.0. The van der Waals surface area contributed by atoms with Crippen molar-refractivity contribution in [3.8, 4) is 17.2 Å². The van der Waals surface area contributed by atoms with Crippen molar-refractivity contribution in [3.63, 3.8) is 0 Å². The summed E-state index contributed by atoms with van der Waals surface area (Å²) in [5.41, 5.74) is 5.25. The van der Waals surface area contributed by atoms with Crippen molar-refractivity contribution in [2.45, 2.75) is 39.3 Å². The third-order valence-electron chi connectivity index (χ3n) is 5.11. The average Bonchev–Trinajstić information content (AvgIpc) is 3.22. The van der Waals surface area contributed by atoms with Gasteiger partial charge in [0.2, 0.25) is 5.75 Å². The molecule has 156 valence electrons. The van der Waals surface area contributed by atoms with Crippen LogP contribution >= 0.6 is 0 Å². The van der Waals surface area contributed by atoms with Gasteiger partial charge in [0.05, 0.1) is 27.9 Å². The quantitative estimate of drug-likeness (QED) is 0.528. The average molecular weight is 398 g/mol. The number of hydrogen-bond donors (Lipinski definition) is 2.